The number of nitrogens with one attached hydrogen (secondary N) is 2. The van der Waals surface area contributed by atoms with E-state index in [4.69, 9.17) is 0 Å². The quantitative estimate of drug-likeness (QED) is 0.869. The first kappa shape index (κ1) is 13.0. The molecule has 0 aromatic heterocycles. The van der Waals surface area contributed by atoms with Gasteiger partial charge < -0.3 is 10.6 Å². The van der Waals surface area contributed by atoms with Crippen LogP contribution in [0.25, 0.3) is 0 Å². The van der Waals surface area contributed by atoms with Crippen molar-refractivity contribution in [3.63, 3.8) is 0 Å². The Morgan fingerprint density at radius 3 is 2.44 bits per heavy atom. The molecule has 1 aliphatic rings. The number of benzene rings is 1. The number of halogens is 2. The third kappa shape index (κ3) is 3.77. The molecule has 1 heterocycles. The van der Waals surface area contributed by atoms with Gasteiger partial charge in [-0.3, -0.25) is 4.79 Å². The van der Waals surface area contributed by atoms with Gasteiger partial charge in [-0.05, 0) is 44.0 Å². The van der Waals surface area contributed by atoms with E-state index in [9.17, 15) is 13.6 Å². The highest BCUT2D eigenvalue weighted by atomic mass is 19.1. The highest BCUT2D eigenvalue weighted by Gasteiger charge is 2.17. The van der Waals surface area contributed by atoms with Gasteiger partial charge in [0.05, 0.1) is 0 Å². The lowest BCUT2D eigenvalue weighted by Gasteiger charge is -2.21. The van der Waals surface area contributed by atoms with Crippen molar-refractivity contribution in [2.45, 2.75) is 19.3 Å². The molecule has 1 aliphatic heterocycles. The van der Waals surface area contributed by atoms with Crippen LogP contribution < -0.4 is 10.6 Å². The molecule has 3 nitrogen and oxygen atoms in total. The average Bonchev–Trinajstić information content (AvgIpc) is 2.28. The predicted octanol–water partition coefficient (Wildman–Crippen LogP) is 2.29. The number of hydrogen-bond donors (Lipinski definition) is 2. The molecule has 0 radical (unpaired) electrons. The summed E-state index contributed by atoms with van der Waals surface area (Å²) in [7, 11) is 0. The molecule has 18 heavy (non-hydrogen) atoms. The molecular formula is C13H16F2N2O. The van der Waals surface area contributed by atoms with E-state index in [1.165, 1.54) is 0 Å². The summed E-state index contributed by atoms with van der Waals surface area (Å²) < 4.78 is 25.9. The van der Waals surface area contributed by atoms with Crippen LogP contribution in [0.15, 0.2) is 18.2 Å². The molecule has 1 amide bonds. The van der Waals surface area contributed by atoms with Gasteiger partial charge in [-0.15, -0.1) is 0 Å². The molecule has 0 atom stereocenters. The highest BCUT2D eigenvalue weighted by Crippen LogP contribution is 2.18. The Bertz CT molecular complexity index is 411. The molecule has 0 bridgehead atoms. The fourth-order valence-electron chi connectivity index (χ4n) is 2.19. The normalized spacial score (nSPS) is 16.6. The van der Waals surface area contributed by atoms with Gasteiger partial charge in [0, 0.05) is 18.2 Å². The van der Waals surface area contributed by atoms with Gasteiger partial charge in [-0.25, -0.2) is 8.78 Å². The maximum atomic E-state index is 12.9. The Hall–Kier alpha value is -1.49. The second kappa shape index (κ2) is 5.91. The van der Waals surface area contributed by atoms with Gasteiger partial charge in [-0.2, -0.15) is 0 Å². The van der Waals surface area contributed by atoms with Gasteiger partial charge in [0.2, 0.25) is 5.91 Å². The van der Waals surface area contributed by atoms with Crippen molar-refractivity contribution in [3.05, 3.63) is 29.8 Å². The predicted molar refractivity (Wildman–Crippen MR) is 65.2 cm³/mol. The summed E-state index contributed by atoms with van der Waals surface area (Å²) in [6.07, 6.45) is 2.33. The fraction of sp³-hybridized carbons (Fsp3) is 0.462. The van der Waals surface area contributed by atoms with Crippen LogP contribution in [0.2, 0.25) is 0 Å². The van der Waals surface area contributed by atoms with E-state index in [1.54, 1.807) is 0 Å². The summed E-state index contributed by atoms with van der Waals surface area (Å²) in [5.74, 6) is -1.21. The minimum absolute atomic E-state index is 0.173. The summed E-state index contributed by atoms with van der Waals surface area (Å²) in [6, 6.07) is 3.01. The smallest absolute Gasteiger partial charge is 0.224 e. The standard InChI is InChI=1S/C13H16F2N2O/c14-10-6-11(15)8-12(7-10)17-13(18)5-9-1-3-16-4-2-9/h6-9,16H,1-5H2,(H,17,18). The van der Waals surface area contributed by atoms with Crippen molar-refractivity contribution in [1.82, 2.24) is 5.32 Å². The third-order valence-electron chi connectivity index (χ3n) is 3.08. The van der Waals surface area contributed by atoms with Crippen molar-refractivity contribution in [1.29, 1.82) is 0 Å². The molecule has 1 fully saturated rings. The van der Waals surface area contributed by atoms with Crippen molar-refractivity contribution in [3.8, 4) is 0 Å². The minimum atomic E-state index is -0.688. The number of anilines is 1. The fourth-order valence-corrected chi connectivity index (χ4v) is 2.19. The first-order valence-corrected chi connectivity index (χ1v) is 6.10. The monoisotopic (exact) mass is 254 g/mol. The zero-order valence-corrected chi connectivity index (χ0v) is 10.0. The van der Waals surface area contributed by atoms with Crippen molar-refractivity contribution in [2.75, 3.05) is 18.4 Å². The summed E-state index contributed by atoms with van der Waals surface area (Å²) in [5, 5.41) is 5.75. The molecule has 98 valence electrons. The van der Waals surface area contributed by atoms with Crippen molar-refractivity contribution >= 4 is 11.6 Å². The van der Waals surface area contributed by atoms with Gasteiger partial charge in [-0.1, -0.05) is 0 Å². The number of piperidine rings is 1. The SMILES string of the molecule is O=C(CC1CCNCC1)Nc1cc(F)cc(F)c1. The lowest BCUT2D eigenvalue weighted by molar-refractivity contribution is -0.117. The van der Waals surface area contributed by atoms with Crippen molar-refractivity contribution in [2.24, 2.45) is 5.92 Å². The number of carbonyl (C=O) groups excluding carboxylic acids is 1. The molecule has 1 aromatic carbocycles. The molecule has 1 aromatic rings. The molecule has 0 aliphatic carbocycles. The number of carbonyl (C=O) groups is 1. The van der Waals surface area contributed by atoms with E-state index in [0.29, 0.717) is 12.3 Å². The number of rotatable bonds is 3. The lowest BCUT2D eigenvalue weighted by Crippen LogP contribution is -2.30. The topological polar surface area (TPSA) is 41.1 Å². The number of amides is 1. The molecule has 2 N–H and O–H groups in total. The molecular weight excluding hydrogens is 238 g/mol. The van der Waals surface area contributed by atoms with Gasteiger partial charge in [0.25, 0.3) is 0 Å². The first-order chi connectivity index (χ1) is 8.63. The molecule has 1 saturated heterocycles. The Labute approximate surface area is 105 Å². The van der Waals surface area contributed by atoms with Gasteiger partial charge in [0.1, 0.15) is 11.6 Å². The van der Waals surface area contributed by atoms with Crippen LogP contribution in [-0.4, -0.2) is 19.0 Å². The van der Waals surface area contributed by atoms with E-state index in [2.05, 4.69) is 10.6 Å². The van der Waals surface area contributed by atoms with Crippen LogP contribution in [0, 0.1) is 17.6 Å². The van der Waals surface area contributed by atoms with Crippen LogP contribution in [0.3, 0.4) is 0 Å². The van der Waals surface area contributed by atoms with E-state index in [0.717, 1.165) is 44.1 Å². The van der Waals surface area contributed by atoms with E-state index in [1.807, 2.05) is 0 Å². The van der Waals surface area contributed by atoms with E-state index >= 15 is 0 Å². The van der Waals surface area contributed by atoms with Gasteiger partial charge >= 0.3 is 0 Å². The second-order valence-corrected chi connectivity index (χ2v) is 4.60. The van der Waals surface area contributed by atoms with Crippen molar-refractivity contribution < 1.29 is 13.6 Å². The highest BCUT2D eigenvalue weighted by molar-refractivity contribution is 5.90. The molecule has 0 saturated carbocycles. The maximum Gasteiger partial charge on any atom is 0.224 e. The first-order valence-electron chi connectivity index (χ1n) is 6.10. The lowest BCUT2D eigenvalue weighted by atomic mass is 9.94. The largest absolute Gasteiger partial charge is 0.326 e. The summed E-state index contributed by atoms with van der Waals surface area (Å²) >= 11 is 0. The van der Waals surface area contributed by atoms with Crippen LogP contribution >= 0.6 is 0 Å². The molecule has 0 spiro atoms. The van der Waals surface area contributed by atoms with E-state index in [-0.39, 0.29) is 11.6 Å². The molecule has 0 unspecified atom stereocenters. The maximum absolute atomic E-state index is 12.9. The zero-order valence-electron chi connectivity index (χ0n) is 10.0. The zero-order chi connectivity index (χ0) is 13.0. The third-order valence-corrected chi connectivity index (χ3v) is 3.08. The number of hydrogen-bond acceptors (Lipinski definition) is 2. The van der Waals surface area contributed by atoms with E-state index < -0.39 is 11.6 Å². The average molecular weight is 254 g/mol. The Balaban J connectivity index is 1.89. The summed E-state index contributed by atoms with van der Waals surface area (Å²) in [6.45, 7) is 1.85. The Kier molecular flexibility index (Phi) is 4.25. The van der Waals surface area contributed by atoms with Gasteiger partial charge in [0.15, 0.2) is 0 Å². The molecule has 2 rings (SSSR count). The Morgan fingerprint density at radius 2 is 1.83 bits per heavy atom. The summed E-state index contributed by atoms with van der Waals surface area (Å²) in [5.41, 5.74) is 0.173. The minimum Gasteiger partial charge on any atom is -0.326 e. The van der Waals surface area contributed by atoms with Crippen LogP contribution in [0.4, 0.5) is 14.5 Å². The second-order valence-electron chi connectivity index (χ2n) is 4.60. The van der Waals surface area contributed by atoms with Crippen LogP contribution in [-0.2, 0) is 4.79 Å². The summed E-state index contributed by atoms with van der Waals surface area (Å²) in [4.78, 5) is 11.7. The van der Waals surface area contributed by atoms with Crippen LogP contribution in [0.5, 0.6) is 0 Å². The Morgan fingerprint density at radius 1 is 1.22 bits per heavy atom. The van der Waals surface area contributed by atoms with Crippen LogP contribution in [0.1, 0.15) is 19.3 Å². The molecule has 5 heteroatoms.